The van der Waals surface area contributed by atoms with Crippen LogP contribution >= 0.6 is 0 Å². The quantitative estimate of drug-likeness (QED) is 0.341. The van der Waals surface area contributed by atoms with Crippen molar-refractivity contribution in [2.45, 2.75) is 57.3 Å². The normalized spacial score (nSPS) is 25.1. The van der Waals surface area contributed by atoms with Crippen LogP contribution in [0, 0.1) is 11.8 Å². The largest absolute Gasteiger partial charge is 0.493 e. The number of hydrogen-bond donors (Lipinski definition) is 0. The van der Waals surface area contributed by atoms with E-state index < -0.39 is 53.5 Å². The number of benzene rings is 2. The van der Waals surface area contributed by atoms with Crippen LogP contribution in [0.5, 0.6) is 28.7 Å². The average molecular weight is 612 g/mol. The molecule has 4 aliphatic rings. The standard InChI is InChI=1S/C32H37NO11/c1-32(2,3)44-31(36)33-9-7-8-20(33)29(34)43-27-18-13-22-21(41-15-42-22)12-17(18)25(26-19(27)14-40-30(26)35)16-10-23(37-4)28(39-6)24(11-16)38-5/h10-13,19-20,25-27H,7-9,14-15H2,1-6H3/t19?,20-,25?,26?,27?/m0/s1. The molecule has 0 bridgehead atoms. The molecule has 2 aromatic carbocycles. The van der Waals surface area contributed by atoms with Gasteiger partial charge in [-0.15, -0.1) is 0 Å². The minimum atomic E-state index is -0.845. The molecule has 5 atom stereocenters. The van der Waals surface area contributed by atoms with Crippen LogP contribution in [0.2, 0.25) is 0 Å². The maximum Gasteiger partial charge on any atom is 0.411 e. The van der Waals surface area contributed by atoms with Gasteiger partial charge in [0.15, 0.2) is 23.0 Å². The Kier molecular flexibility index (Phi) is 7.63. The number of fused-ring (bicyclic) bond motifs is 3. The lowest BCUT2D eigenvalue weighted by molar-refractivity contribution is -0.159. The Morgan fingerprint density at radius 1 is 0.909 bits per heavy atom. The second kappa shape index (κ2) is 11.3. The highest BCUT2D eigenvalue weighted by atomic mass is 16.7. The molecule has 0 saturated carbocycles. The van der Waals surface area contributed by atoms with E-state index in [0.717, 1.165) is 11.1 Å². The second-order valence-electron chi connectivity index (χ2n) is 12.3. The molecule has 2 fully saturated rings. The fourth-order valence-electron chi connectivity index (χ4n) is 6.70. The van der Waals surface area contributed by atoms with Crippen molar-refractivity contribution in [3.8, 4) is 28.7 Å². The van der Waals surface area contributed by atoms with Crippen molar-refractivity contribution in [3.05, 3.63) is 41.0 Å². The summed E-state index contributed by atoms with van der Waals surface area (Å²) < 4.78 is 45.6. The first kappa shape index (κ1) is 29.7. The molecule has 0 N–H and O–H groups in total. The van der Waals surface area contributed by atoms with E-state index in [1.165, 1.54) is 26.2 Å². The van der Waals surface area contributed by atoms with Crippen LogP contribution in [0.1, 0.15) is 62.3 Å². The van der Waals surface area contributed by atoms with E-state index in [0.29, 0.717) is 53.7 Å². The molecule has 3 heterocycles. The van der Waals surface area contributed by atoms with Gasteiger partial charge in [0.25, 0.3) is 0 Å². The van der Waals surface area contributed by atoms with Crippen molar-refractivity contribution in [3.63, 3.8) is 0 Å². The SMILES string of the molecule is COc1cc(C2c3cc4c(cc3C(OC(=O)[C@@H]3CCCN3C(=O)OC(C)(C)C)C3COC(=O)C23)OCO4)cc(OC)c1OC. The molecule has 0 aromatic heterocycles. The van der Waals surface area contributed by atoms with Crippen LogP contribution in [0.15, 0.2) is 24.3 Å². The first-order valence-corrected chi connectivity index (χ1v) is 14.6. The summed E-state index contributed by atoms with van der Waals surface area (Å²) in [4.78, 5) is 41.6. The molecule has 1 aliphatic carbocycles. The number of ether oxygens (including phenoxy) is 8. The molecule has 12 heteroatoms. The minimum Gasteiger partial charge on any atom is -0.493 e. The lowest BCUT2D eigenvalue weighted by Crippen LogP contribution is -2.45. The topological polar surface area (TPSA) is 128 Å². The van der Waals surface area contributed by atoms with Crippen LogP contribution in [-0.2, 0) is 23.8 Å². The number of carbonyl (C=O) groups is 3. The van der Waals surface area contributed by atoms with Crippen LogP contribution in [-0.4, -0.2) is 75.8 Å². The highest BCUT2D eigenvalue weighted by Gasteiger charge is 2.55. The predicted octanol–water partition coefficient (Wildman–Crippen LogP) is 4.36. The fraction of sp³-hybridized carbons (Fsp3) is 0.531. The molecule has 0 radical (unpaired) electrons. The van der Waals surface area contributed by atoms with Crippen molar-refractivity contribution >= 4 is 18.0 Å². The molecular formula is C32H37NO11. The Morgan fingerprint density at radius 3 is 2.18 bits per heavy atom. The summed E-state index contributed by atoms with van der Waals surface area (Å²) in [5.74, 6) is -0.393. The summed E-state index contributed by atoms with van der Waals surface area (Å²) in [7, 11) is 4.58. The Hall–Kier alpha value is -4.35. The number of rotatable bonds is 6. The number of esters is 2. The van der Waals surface area contributed by atoms with E-state index in [4.69, 9.17) is 37.9 Å². The van der Waals surface area contributed by atoms with Gasteiger partial charge in [-0.05, 0) is 69.0 Å². The van der Waals surface area contributed by atoms with Gasteiger partial charge in [0.2, 0.25) is 12.5 Å². The number of methoxy groups -OCH3 is 3. The summed E-state index contributed by atoms with van der Waals surface area (Å²) >= 11 is 0. The molecule has 4 unspecified atom stereocenters. The summed E-state index contributed by atoms with van der Waals surface area (Å²) in [5, 5.41) is 0. The molecule has 1 amide bonds. The number of nitrogens with zero attached hydrogens (tertiary/aromatic N) is 1. The highest BCUT2D eigenvalue weighted by Crippen LogP contribution is 2.56. The number of amides is 1. The lowest BCUT2D eigenvalue weighted by Gasteiger charge is -2.39. The zero-order chi connectivity index (χ0) is 31.3. The third-order valence-corrected chi connectivity index (χ3v) is 8.56. The third kappa shape index (κ3) is 5.09. The number of hydrogen-bond acceptors (Lipinski definition) is 11. The van der Waals surface area contributed by atoms with Gasteiger partial charge >= 0.3 is 18.0 Å². The number of likely N-dealkylation sites (tertiary alicyclic amines) is 1. The predicted molar refractivity (Wildman–Crippen MR) is 153 cm³/mol. The van der Waals surface area contributed by atoms with Crippen LogP contribution in [0.4, 0.5) is 4.79 Å². The second-order valence-corrected chi connectivity index (χ2v) is 12.3. The monoisotopic (exact) mass is 611 g/mol. The molecular weight excluding hydrogens is 574 g/mol. The summed E-state index contributed by atoms with van der Waals surface area (Å²) in [6.07, 6.45) is -0.335. The van der Waals surface area contributed by atoms with E-state index in [9.17, 15) is 14.4 Å². The number of carbonyl (C=O) groups excluding carboxylic acids is 3. The molecule has 2 aromatic rings. The van der Waals surface area contributed by atoms with Crippen LogP contribution < -0.4 is 23.7 Å². The van der Waals surface area contributed by atoms with Gasteiger partial charge < -0.3 is 37.9 Å². The van der Waals surface area contributed by atoms with Crippen molar-refractivity contribution in [1.82, 2.24) is 4.90 Å². The highest BCUT2D eigenvalue weighted by molar-refractivity contribution is 5.83. The zero-order valence-corrected chi connectivity index (χ0v) is 25.7. The molecule has 2 saturated heterocycles. The Balaban J connectivity index is 1.42. The smallest absolute Gasteiger partial charge is 0.411 e. The van der Waals surface area contributed by atoms with Crippen molar-refractivity contribution in [1.29, 1.82) is 0 Å². The summed E-state index contributed by atoms with van der Waals surface area (Å²) in [6, 6.07) is 6.45. The summed E-state index contributed by atoms with van der Waals surface area (Å²) in [6.45, 7) is 5.80. The molecule has 0 spiro atoms. The third-order valence-electron chi connectivity index (χ3n) is 8.56. The van der Waals surface area contributed by atoms with Crippen molar-refractivity contribution < 1.29 is 52.3 Å². The van der Waals surface area contributed by atoms with Crippen LogP contribution in [0.25, 0.3) is 0 Å². The van der Waals surface area contributed by atoms with Gasteiger partial charge in [-0.1, -0.05) is 0 Å². The van der Waals surface area contributed by atoms with E-state index in [1.54, 1.807) is 26.8 Å². The van der Waals surface area contributed by atoms with E-state index in [1.807, 2.05) is 18.2 Å². The van der Waals surface area contributed by atoms with Crippen molar-refractivity contribution in [2.24, 2.45) is 11.8 Å². The summed E-state index contributed by atoms with van der Waals surface area (Å²) in [5.41, 5.74) is 1.40. The minimum absolute atomic E-state index is 0.0410. The van der Waals surface area contributed by atoms with Gasteiger partial charge in [-0.3, -0.25) is 9.69 Å². The first-order chi connectivity index (χ1) is 21.0. The van der Waals surface area contributed by atoms with Gasteiger partial charge in [0.05, 0.1) is 33.9 Å². The number of cyclic esters (lactones) is 1. The maximum atomic E-state index is 13.8. The average Bonchev–Trinajstić information content (AvgIpc) is 3.75. The van der Waals surface area contributed by atoms with E-state index in [-0.39, 0.29) is 13.4 Å². The fourth-order valence-corrected chi connectivity index (χ4v) is 6.70. The van der Waals surface area contributed by atoms with E-state index in [2.05, 4.69) is 0 Å². The van der Waals surface area contributed by atoms with E-state index >= 15 is 0 Å². The molecule has 236 valence electrons. The molecule has 12 nitrogen and oxygen atoms in total. The molecule has 3 aliphatic heterocycles. The Morgan fingerprint density at radius 2 is 1.57 bits per heavy atom. The molecule has 44 heavy (non-hydrogen) atoms. The Bertz CT molecular complexity index is 1460. The Labute approximate surface area is 255 Å². The van der Waals surface area contributed by atoms with Gasteiger partial charge in [-0.2, -0.15) is 0 Å². The molecule has 6 rings (SSSR count). The van der Waals surface area contributed by atoms with Gasteiger partial charge in [0, 0.05) is 23.9 Å². The van der Waals surface area contributed by atoms with Crippen LogP contribution in [0.3, 0.4) is 0 Å². The zero-order valence-electron chi connectivity index (χ0n) is 25.7. The maximum absolute atomic E-state index is 13.8. The van der Waals surface area contributed by atoms with Gasteiger partial charge in [-0.25, -0.2) is 9.59 Å². The van der Waals surface area contributed by atoms with Gasteiger partial charge in [0.1, 0.15) is 17.7 Å². The lowest BCUT2D eigenvalue weighted by atomic mass is 9.66. The first-order valence-electron chi connectivity index (χ1n) is 14.6. The van der Waals surface area contributed by atoms with Crippen molar-refractivity contribution in [2.75, 3.05) is 41.3 Å².